The van der Waals surface area contributed by atoms with Gasteiger partial charge in [-0.3, -0.25) is 4.79 Å². The van der Waals surface area contributed by atoms with Crippen LogP contribution in [0.3, 0.4) is 0 Å². The predicted octanol–water partition coefficient (Wildman–Crippen LogP) is 2.82. The van der Waals surface area contributed by atoms with Gasteiger partial charge >= 0.3 is 0 Å². The fourth-order valence-corrected chi connectivity index (χ4v) is 3.88. The summed E-state index contributed by atoms with van der Waals surface area (Å²) in [5, 5.41) is 10.7. The second-order valence-electron chi connectivity index (χ2n) is 6.70. The van der Waals surface area contributed by atoms with Gasteiger partial charge in [-0.05, 0) is 43.2 Å². The molecule has 1 aliphatic rings. The molecule has 1 atom stereocenters. The van der Waals surface area contributed by atoms with Crippen LogP contribution in [0.15, 0.2) is 42.5 Å². The molecule has 3 heterocycles. The van der Waals surface area contributed by atoms with E-state index in [4.69, 9.17) is 4.98 Å². The smallest absolute Gasteiger partial charge is 0.254 e. The average Bonchev–Trinajstić information content (AvgIpc) is 3.39. The number of rotatable bonds is 2. The third-order valence-corrected chi connectivity index (χ3v) is 5.20. The minimum Gasteiger partial charge on any atom is -0.329 e. The van der Waals surface area contributed by atoms with Crippen molar-refractivity contribution in [2.45, 2.75) is 18.9 Å². The Hall–Kier alpha value is -3.22. The molecule has 4 aromatic rings. The highest BCUT2D eigenvalue weighted by atomic mass is 16.2. The molecule has 0 spiro atoms. The molecule has 26 heavy (non-hydrogen) atoms. The summed E-state index contributed by atoms with van der Waals surface area (Å²) in [7, 11) is 2.02. The summed E-state index contributed by atoms with van der Waals surface area (Å²) in [6.07, 6.45) is 1.90. The van der Waals surface area contributed by atoms with Crippen molar-refractivity contribution in [1.82, 2.24) is 29.9 Å². The van der Waals surface area contributed by atoms with Gasteiger partial charge in [0.15, 0.2) is 0 Å². The van der Waals surface area contributed by atoms with Gasteiger partial charge in [-0.15, -0.1) is 0 Å². The number of aromatic nitrogens is 5. The molecule has 0 saturated carbocycles. The Morgan fingerprint density at radius 2 is 1.96 bits per heavy atom. The lowest BCUT2D eigenvalue weighted by Crippen LogP contribution is -2.31. The molecule has 1 fully saturated rings. The van der Waals surface area contributed by atoms with Gasteiger partial charge in [0.2, 0.25) is 0 Å². The number of H-pyrrole nitrogens is 1. The first-order valence-corrected chi connectivity index (χ1v) is 8.75. The van der Waals surface area contributed by atoms with Gasteiger partial charge < -0.3 is 9.47 Å². The van der Waals surface area contributed by atoms with Gasteiger partial charge in [0.05, 0.1) is 17.1 Å². The van der Waals surface area contributed by atoms with E-state index in [1.54, 1.807) is 6.07 Å². The van der Waals surface area contributed by atoms with Crippen LogP contribution in [0.1, 0.15) is 35.1 Å². The number of likely N-dealkylation sites (tertiary alicyclic amines) is 1. The lowest BCUT2D eigenvalue weighted by molar-refractivity contribution is 0.0728. The summed E-state index contributed by atoms with van der Waals surface area (Å²) in [5.74, 6) is 0.962. The first-order chi connectivity index (χ1) is 12.7. The third-order valence-electron chi connectivity index (χ3n) is 5.20. The van der Waals surface area contributed by atoms with Gasteiger partial charge in [0, 0.05) is 19.2 Å². The van der Waals surface area contributed by atoms with Gasteiger partial charge in [0.25, 0.3) is 5.91 Å². The molecule has 5 rings (SSSR count). The molecule has 0 aliphatic carbocycles. The molecule has 1 amide bonds. The Bertz CT molecular complexity index is 1130. The van der Waals surface area contributed by atoms with Crippen molar-refractivity contribution in [2.24, 2.45) is 7.05 Å². The number of amides is 1. The molecule has 130 valence electrons. The number of aromatic amines is 1. The Balaban J connectivity index is 1.53. The number of carbonyl (C=O) groups is 1. The minimum absolute atomic E-state index is 0.00657. The van der Waals surface area contributed by atoms with E-state index in [2.05, 4.69) is 26.0 Å². The van der Waals surface area contributed by atoms with Crippen molar-refractivity contribution in [3.05, 3.63) is 53.9 Å². The second kappa shape index (κ2) is 5.66. The van der Waals surface area contributed by atoms with Crippen LogP contribution in [-0.4, -0.2) is 42.3 Å². The van der Waals surface area contributed by atoms with Crippen molar-refractivity contribution in [3.63, 3.8) is 0 Å². The summed E-state index contributed by atoms with van der Waals surface area (Å²) in [6.45, 7) is 0.740. The monoisotopic (exact) mass is 346 g/mol. The van der Waals surface area contributed by atoms with E-state index in [0.29, 0.717) is 11.1 Å². The highest BCUT2D eigenvalue weighted by Gasteiger charge is 2.33. The zero-order valence-electron chi connectivity index (χ0n) is 14.4. The Morgan fingerprint density at radius 3 is 2.85 bits per heavy atom. The second-order valence-corrected chi connectivity index (χ2v) is 6.70. The minimum atomic E-state index is -0.00657. The van der Waals surface area contributed by atoms with Crippen molar-refractivity contribution in [2.75, 3.05) is 6.54 Å². The van der Waals surface area contributed by atoms with Crippen molar-refractivity contribution >= 4 is 28.0 Å². The Morgan fingerprint density at radius 1 is 1.12 bits per heavy atom. The predicted molar refractivity (Wildman–Crippen MR) is 97.6 cm³/mol. The van der Waals surface area contributed by atoms with E-state index in [1.807, 2.05) is 42.3 Å². The van der Waals surface area contributed by atoms with Crippen LogP contribution >= 0.6 is 0 Å². The summed E-state index contributed by atoms with van der Waals surface area (Å²) in [5.41, 5.74) is 4.15. The average molecular weight is 346 g/mol. The van der Waals surface area contributed by atoms with Crippen LogP contribution in [0, 0.1) is 0 Å². The van der Waals surface area contributed by atoms with Gasteiger partial charge in [-0.2, -0.15) is 15.4 Å². The van der Waals surface area contributed by atoms with Crippen molar-refractivity contribution < 1.29 is 4.79 Å². The van der Waals surface area contributed by atoms with Gasteiger partial charge in [-0.25, -0.2) is 4.98 Å². The van der Waals surface area contributed by atoms with E-state index < -0.39 is 0 Å². The number of nitrogens with one attached hydrogen (secondary N) is 1. The molecule has 2 aromatic heterocycles. The standard InChI is InChI=1S/C19H18N6O/c1-24-16-6-3-2-5-14(16)20-18(24)17-7-4-10-25(17)19(26)12-8-9-13-15(11-12)22-23-21-13/h2-3,5-6,8-9,11,17H,4,7,10H2,1H3,(H,21,22,23). The summed E-state index contributed by atoms with van der Waals surface area (Å²) < 4.78 is 2.10. The van der Waals surface area contributed by atoms with Crippen LogP contribution in [0.2, 0.25) is 0 Å². The number of aryl methyl sites for hydroxylation is 1. The topological polar surface area (TPSA) is 79.7 Å². The molecule has 1 aliphatic heterocycles. The van der Waals surface area contributed by atoms with Crippen LogP contribution in [0.25, 0.3) is 22.1 Å². The molecule has 1 saturated heterocycles. The number of carbonyl (C=O) groups excluding carboxylic acids is 1. The molecule has 2 aromatic carbocycles. The van der Waals surface area contributed by atoms with E-state index in [0.717, 1.165) is 41.8 Å². The van der Waals surface area contributed by atoms with Crippen LogP contribution in [0.5, 0.6) is 0 Å². The number of nitrogens with zero attached hydrogens (tertiary/aromatic N) is 5. The molecule has 7 nitrogen and oxygen atoms in total. The zero-order chi connectivity index (χ0) is 17.7. The summed E-state index contributed by atoms with van der Waals surface area (Å²) >= 11 is 0. The van der Waals surface area contributed by atoms with Crippen molar-refractivity contribution in [1.29, 1.82) is 0 Å². The summed E-state index contributed by atoms with van der Waals surface area (Å²) in [6, 6.07) is 13.5. The Kier molecular flexibility index (Phi) is 3.28. The number of benzene rings is 2. The molecule has 1 N–H and O–H groups in total. The zero-order valence-corrected chi connectivity index (χ0v) is 14.4. The normalized spacial score (nSPS) is 17.4. The van der Waals surface area contributed by atoms with Crippen LogP contribution in [-0.2, 0) is 7.05 Å². The SMILES string of the molecule is Cn1c(C2CCCN2C(=O)c2ccc3n[nH]nc3c2)nc2ccccc21. The molecule has 0 bridgehead atoms. The first kappa shape index (κ1) is 15.1. The highest BCUT2D eigenvalue weighted by molar-refractivity contribution is 5.97. The number of fused-ring (bicyclic) bond motifs is 2. The quantitative estimate of drug-likeness (QED) is 0.605. The largest absolute Gasteiger partial charge is 0.329 e. The van der Waals surface area contributed by atoms with Crippen LogP contribution < -0.4 is 0 Å². The lowest BCUT2D eigenvalue weighted by atomic mass is 10.1. The maximum atomic E-state index is 13.2. The maximum Gasteiger partial charge on any atom is 0.254 e. The van der Waals surface area contributed by atoms with Gasteiger partial charge in [0.1, 0.15) is 16.9 Å². The number of hydrogen-bond donors (Lipinski definition) is 1. The van der Waals surface area contributed by atoms with Gasteiger partial charge in [-0.1, -0.05) is 12.1 Å². The maximum absolute atomic E-state index is 13.2. The fraction of sp³-hybridized carbons (Fsp3) is 0.263. The van der Waals surface area contributed by atoms with E-state index >= 15 is 0 Å². The van der Waals surface area contributed by atoms with E-state index in [-0.39, 0.29) is 11.9 Å². The number of para-hydroxylation sites is 2. The molecule has 7 heteroatoms. The van der Waals surface area contributed by atoms with E-state index in [9.17, 15) is 4.79 Å². The first-order valence-electron chi connectivity index (χ1n) is 8.75. The highest BCUT2D eigenvalue weighted by Crippen LogP contribution is 2.34. The number of hydrogen-bond acceptors (Lipinski definition) is 4. The van der Waals surface area contributed by atoms with E-state index in [1.165, 1.54) is 0 Å². The van der Waals surface area contributed by atoms with Crippen molar-refractivity contribution in [3.8, 4) is 0 Å². The third kappa shape index (κ3) is 2.20. The molecule has 0 radical (unpaired) electrons. The Labute approximate surface area is 149 Å². The molecular formula is C19H18N6O. The lowest BCUT2D eigenvalue weighted by Gasteiger charge is -2.24. The molecular weight excluding hydrogens is 328 g/mol. The molecule has 1 unspecified atom stereocenters. The summed E-state index contributed by atoms with van der Waals surface area (Å²) in [4.78, 5) is 19.9. The number of imidazole rings is 1. The van der Waals surface area contributed by atoms with Crippen LogP contribution in [0.4, 0.5) is 0 Å². The fourth-order valence-electron chi connectivity index (χ4n) is 3.88.